The van der Waals surface area contributed by atoms with Gasteiger partial charge in [0, 0.05) is 10.6 Å². The van der Waals surface area contributed by atoms with Crippen LogP contribution in [0, 0.1) is 17.8 Å². The summed E-state index contributed by atoms with van der Waals surface area (Å²) in [7, 11) is 0. The van der Waals surface area contributed by atoms with E-state index in [1.165, 1.54) is 22.9 Å². The molecule has 8 heteroatoms. The van der Waals surface area contributed by atoms with E-state index in [4.69, 9.17) is 22.2 Å². The third kappa shape index (κ3) is 5.00. The normalized spacial score (nSPS) is 22.4. The van der Waals surface area contributed by atoms with Crippen molar-refractivity contribution in [2.45, 2.75) is 51.3 Å². The quantitative estimate of drug-likeness (QED) is 0.421. The number of hydrogen-bond acceptors (Lipinski definition) is 6. The summed E-state index contributed by atoms with van der Waals surface area (Å²) >= 11 is 7.15. The van der Waals surface area contributed by atoms with Crippen LogP contribution in [0.5, 0.6) is 0 Å². The number of rotatable bonds is 6. The molecule has 1 aliphatic rings. The molecule has 0 saturated heterocycles. The number of thioether (sulfide) groups is 1. The van der Waals surface area contributed by atoms with Gasteiger partial charge in [-0.15, -0.1) is 10.2 Å². The topological polar surface area (TPSA) is 83.0 Å². The van der Waals surface area contributed by atoms with E-state index >= 15 is 0 Å². The standard InChI is InChI=1S/C20H27ClN4O2S/c1-12(2)16-9-4-13(3)10-17(16)27-18(26)11-28-20-24-23-19(25(20)22)14-5-7-15(21)8-6-14/h5-8,12-13,16-17H,4,9-11,22H2,1-3H3/t13-,16+,17+/m0/s1. The number of benzene rings is 1. The van der Waals surface area contributed by atoms with Gasteiger partial charge in [0.05, 0.1) is 5.75 Å². The lowest BCUT2D eigenvalue weighted by Gasteiger charge is -2.36. The molecule has 0 bridgehead atoms. The minimum Gasteiger partial charge on any atom is -0.461 e. The summed E-state index contributed by atoms with van der Waals surface area (Å²) < 4.78 is 7.22. The lowest BCUT2D eigenvalue weighted by molar-refractivity contribution is -0.152. The predicted molar refractivity (Wildman–Crippen MR) is 113 cm³/mol. The van der Waals surface area contributed by atoms with E-state index in [9.17, 15) is 4.79 Å². The molecule has 0 amide bonds. The average Bonchev–Trinajstić information content (AvgIpc) is 3.01. The first kappa shape index (κ1) is 21.0. The summed E-state index contributed by atoms with van der Waals surface area (Å²) in [5.74, 6) is 8.09. The van der Waals surface area contributed by atoms with Crippen LogP contribution in [0.15, 0.2) is 29.4 Å². The van der Waals surface area contributed by atoms with Crippen LogP contribution in [-0.4, -0.2) is 32.7 Å². The van der Waals surface area contributed by atoms with E-state index in [-0.39, 0.29) is 17.8 Å². The van der Waals surface area contributed by atoms with Crippen molar-refractivity contribution in [1.82, 2.24) is 14.9 Å². The Labute approximate surface area is 175 Å². The number of carbonyl (C=O) groups is 1. The number of hydrogen-bond donors (Lipinski definition) is 1. The Morgan fingerprint density at radius 1 is 1.32 bits per heavy atom. The van der Waals surface area contributed by atoms with Gasteiger partial charge in [-0.2, -0.15) is 0 Å². The van der Waals surface area contributed by atoms with Crippen molar-refractivity contribution in [3.05, 3.63) is 29.3 Å². The van der Waals surface area contributed by atoms with Gasteiger partial charge in [-0.3, -0.25) is 4.79 Å². The third-order valence-corrected chi connectivity index (χ3v) is 6.50. The van der Waals surface area contributed by atoms with Gasteiger partial charge in [0.15, 0.2) is 5.82 Å². The zero-order chi connectivity index (χ0) is 20.3. The molecule has 2 N–H and O–H groups in total. The Balaban J connectivity index is 1.59. The van der Waals surface area contributed by atoms with Gasteiger partial charge in [-0.25, -0.2) is 4.68 Å². The first-order valence-electron chi connectivity index (χ1n) is 9.63. The molecule has 3 atom stereocenters. The molecule has 1 aromatic carbocycles. The number of nitrogens with zero attached hydrogens (tertiary/aromatic N) is 3. The van der Waals surface area contributed by atoms with Crippen LogP contribution in [0.2, 0.25) is 5.02 Å². The summed E-state index contributed by atoms with van der Waals surface area (Å²) in [5.41, 5.74) is 0.810. The number of esters is 1. The smallest absolute Gasteiger partial charge is 0.316 e. The molecule has 1 heterocycles. The maximum Gasteiger partial charge on any atom is 0.316 e. The molecule has 0 spiro atoms. The van der Waals surface area contributed by atoms with E-state index in [0.717, 1.165) is 18.4 Å². The van der Waals surface area contributed by atoms with Crippen LogP contribution in [-0.2, 0) is 9.53 Å². The number of nitrogens with two attached hydrogens (primary N) is 1. The Bertz CT molecular complexity index is 809. The largest absolute Gasteiger partial charge is 0.461 e. The maximum atomic E-state index is 12.4. The fourth-order valence-corrected chi connectivity index (χ4v) is 4.51. The predicted octanol–water partition coefficient (Wildman–Crippen LogP) is 4.41. The minimum absolute atomic E-state index is 0.00257. The van der Waals surface area contributed by atoms with E-state index in [1.54, 1.807) is 12.1 Å². The van der Waals surface area contributed by atoms with Crippen molar-refractivity contribution < 1.29 is 9.53 Å². The second-order valence-corrected chi connectivity index (χ2v) is 9.21. The Hall–Kier alpha value is -1.73. The van der Waals surface area contributed by atoms with E-state index < -0.39 is 0 Å². The Kier molecular flexibility index (Phi) is 6.88. The SMILES string of the molecule is CC(C)[C@H]1CC[C@H](C)C[C@H]1OC(=O)CSc1nnc(-c2ccc(Cl)cc2)n1N. The van der Waals surface area contributed by atoms with Crippen LogP contribution < -0.4 is 5.84 Å². The summed E-state index contributed by atoms with van der Waals surface area (Å²) in [5, 5.41) is 9.34. The molecular formula is C20H27ClN4O2S. The van der Waals surface area contributed by atoms with Gasteiger partial charge in [0.25, 0.3) is 0 Å². The van der Waals surface area contributed by atoms with Gasteiger partial charge >= 0.3 is 5.97 Å². The highest BCUT2D eigenvalue weighted by Gasteiger charge is 2.33. The molecule has 0 radical (unpaired) electrons. The van der Waals surface area contributed by atoms with Crippen LogP contribution in [0.3, 0.4) is 0 Å². The molecule has 1 aromatic heterocycles. The molecule has 1 fully saturated rings. The fourth-order valence-electron chi connectivity index (χ4n) is 3.75. The van der Waals surface area contributed by atoms with E-state index in [1.807, 2.05) is 12.1 Å². The van der Waals surface area contributed by atoms with Gasteiger partial charge in [-0.1, -0.05) is 50.6 Å². The zero-order valence-corrected chi connectivity index (χ0v) is 18.0. The monoisotopic (exact) mass is 422 g/mol. The first-order chi connectivity index (χ1) is 13.3. The van der Waals surface area contributed by atoms with Gasteiger partial charge in [-0.05, 0) is 54.9 Å². The highest BCUT2D eigenvalue weighted by atomic mass is 35.5. The number of halogens is 1. The number of aromatic nitrogens is 3. The molecule has 3 rings (SSSR count). The van der Waals surface area contributed by atoms with E-state index in [0.29, 0.717) is 33.8 Å². The maximum absolute atomic E-state index is 12.4. The summed E-state index contributed by atoms with van der Waals surface area (Å²) in [6.45, 7) is 6.62. The fraction of sp³-hybridized carbons (Fsp3) is 0.550. The molecule has 1 saturated carbocycles. The van der Waals surface area contributed by atoms with E-state index in [2.05, 4.69) is 31.0 Å². The molecule has 2 aromatic rings. The van der Waals surface area contributed by atoms with Crippen molar-refractivity contribution in [2.75, 3.05) is 11.6 Å². The number of carbonyl (C=O) groups excluding carboxylic acids is 1. The summed E-state index contributed by atoms with van der Waals surface area (Å²) in [6, 6.07) is 7.20. The summed E-state index contributed by atoms with van der Waals surface area (Å²) in [4.78, 5) is 12.4. The van der Waals surface area contributed by atoms with Crippen LogP contribution in [0.25, 0.3) is 11.4 Å². The van der Waals surface area contributed by atoms with Crippen molar-refractivity contribution in [2.24, 2.45) is 17.8 Å². The lowest BCUT2D eigenvalue weighted by atomic mass is 9.75. The van der Waals surface area contributed by atoms with Crippen LogP contribution >= 0.6 is 23.4 Å². The average molecular weight is 423 g/mol. The minimum atomic E-state index is -0.231. The Morgan fingerprint density at radius 3 is 2.71 bits per heavy atom. The molecule has 1 aliphatic carbocycles. The number of nitrogen functional groups attached to an aromatic ring is 1. The molecule has 6 nitrogen and oxygen atoms in total. The highest BCUT2D eigenvalue weighted by Crippen LogP contribution is 2.35. The van der Waals surface area contributed by atoms with Gasteiger partial charge in [0.2, 0.25) is 5.16 Å². The van der Waals surface area contributed by atoms with Crippen LogP contribution in [0.1, 0.15) is 40.0 Å². The van der Waals surface area contributed by atoms with Gasteiger partial charge < -0.3 is 10.6 Å². The molecule has 0 unspecified atom stereocenters. The third-order valence-electron chi connectivity index (χ3n) is 5.33. The molecule has 152 valence electrons. The zero-order valence-electron chi connectivity index (χ0n) is 16.5. The highest BCUT2D eigenvalue weighted by molar-refractivity contribution is 7.99. The summed E-state index contributed by atoms with van der Waals surface area (Å²) in [6.07, 6.45) is 3.26. The van der Waals surface area contributed by atoms with Crippen molar-refractivity contribution in [3.8, 4) is 11.4 Å². The lowest BCUT2D eigenvalue weighted by Crippen LogP contribution is -2.36. The van der Waals surface area contributed by atoms with Crippen molar-refractivity contribution in [1.29, 1.82) is 0 Å². The second kappa shape index (κ2) is 9.18. The van der Waals surface area contributed by atoms with Crippen molar-refractivity contribution in [3.63, 3.8) is 0 Å². The molecular weight excluding hydrogens is 396 g/mol. The molecule has 28 heavy (non-hydrogen) atoms. The van der Waals surface area contributed by atoms with Gasteiger partial charge in [0.1, 0.15) is 6.10 Å². The Morgan fingerprint density at radius 2 is 2.04 bits per heavy atom. The second-order valence-electron chi connectivity index (χ2n) is 7.83. The number of ether oxygens (including phenoxy) is 1. The molecule has 0 aliphatic heterocycles. The van der Waals surface area contributed by atoms with Crippen molar-refractivity contribution >= 4 is 29.3 Å². The first-order valence-corrected chi connectivity index (χ1v) is 11.0. The van der Waals surface area contributed by atoms with Crippen LogP contribution in [0.4, 0.5) is 0 Å².